The van der Waals surface area contributed by atoms with Crippen LogP contribution in [0.2, 0.25) is 5.02 Å². The first-order valence-corrected chi connectivity index (χ1v) is 6.89. The molecule has 0 fully saturated rings. The fourth-order valence-electron chi connectivity index (χ4n) is 2.01. The molecule has 7 nitrogen and oxygen atoms in total. The third-order valence-electron chi connectivity index (χ3n) is 2.87. The van der Waals surface area contributed by atoms with E-state index in [-0.39, 0.29) is 11.1 Å². The fraction of sp³-hybridized carbons (Fsp3) is 0. The SMILES string of the molecule is Nc1[nH]c(=O)c(C(=O)O)c(-c2ccc(Cl)cc2Br)c1C(=O)O. The summed E-state index contributed by atoms with van der Waals surface area (Å²) in [4.78, 5) is 36.7. The second-order valence-electron chi connectivity index (χ2n) is 4.23. The van der Waals surface area contributed by atoms with Gasteiger partial charge in [0.2, 0.25) is 0 Å². The van der Waals surface area contributed by atoms with Gasteiger partial charge in [-0.1, -0.05) is 33.6 Å². The van der Waals surface area contributed by atoms with Gasteiger partial charge in [-0.15, -0.1) is 0 Å². The van der Waals surface area contributed by atoms with Crippen molar-refractivity contribution in [3.8, 4) is 11.1 Å². The van der Waals surface area contributed by atoms with E-state index in [4.69, 9.17) is 17.3 Å². The summed E-state index contributed by atoms with van der Waals surface area (Å²) in [5.41, 5.74) is 3.22. The Hall–Kier alpha value is -2.32. The number of hydrogen-bond donors (Lipinski definition) is 4. The lowest BCUT2D eigenvalue weighted by molar-refractivity contribution is 0.0695. The van der Waals surface area contributed by atoms with E-state index >= 15 is 0 Å². The molecule has 0 saturated heterocycles. The van der Waals surface area contributed by atoms with Crippen molar-refractivity contribution in [3.05, 3.63) is 49.2 Å². The molecule has 2 rings (SSSR count). The zero-order valence-corrected chi connectivity index (χ0v) is 13.0. The van der Waals surface area contributed by atoms with Crippen molar-refractivity contribution in [2.45, 2.75) is 0 Å². The van der Waals surface area contributed by atoms with Gasteiger partial charge in [-0.25, -0.2) is 9.59 Å². The van der Waals surface area contributed by atoms with E-state index in [0.29, 0.717) is 9.50 Å². The van der Waals surface area contributed by atoms with Crippen LogP contribution in [0, 0.1) is 0 Å². The first-order valence-electron chi connectivity index (χ1n) is 5.71. The lowest BCUT2D eigenvalue weighted by Gasteiger charge is -2.13. The molecular weight excluding hydrogens is 380 g/mol. The summed E-state index contributed by atoms with van der Waals surface area (Å²) in [7, 11) is 0. The van der Waals surface area contributed by atoms with Gasteiger partial charge in [-0.05, 0) is 17.7 Å². The number of hydrogen-bond acceptors (Lipinski definition) is 4. The van der Waals surface area contributed by atoms with Gasteiger partial charge in [-0.3, -0.25) is 4.79 Å². The van der Waals surface area contributed by atoms with Crippen LogP contribution in [0.5, 0.6) is 0 Å². The summed E-state index contributed by atoms with van der Waals surface area (Å²) >= 11 is 8.99. The Morgan fingerprint density at radius 2 is 1.77 bits per heavy atom. The van der Waals surface area contributed by atoms with E-state index in [1.54, 1.807) is 0 Å². The number of nitrogens with one attached hydrogen (secondary N) is 1. The lowest BCUT2D eigenvalue weighted by Crippen LogP contribution is -2.24. The van der Waals surface area contributed by atoms with E-state index in [1.165, 1.54) is 18.2 Å². The molecule has 114 valence electrons. The summed E-state index contributed by atoms with van der Waals surface area (Å²) in [5, 5.41) is 18.9. The number of aromatic carboxylic acids is 2. The van der Waals surface area contributed by atoms with Gasteiger partial charge in [-0.2, -0.15) is 0 Å². The number of benzene rings is 1. The van der Waals surface area contributed by atoms with E-state index in [1.807, 2.05) is 4.98 Å². The molecule has 22 heavy (non-hydrogen) atoms. The number of carboxylic acids is 2. The van der Waals surface area contributed by atoms with Crippen LogP contribution in [-0.2, 0) is 0 Å². The van der Waals surface area contributed by atoms with Crippen LogP contribution in [0.1, 0.15) is 20.7 Å². The van der Waals surface area contributed by atoms with Crippen molar-refractivity contribution in [1.82, 2.24) is 4.98 Å². The minimum atomic E-state index is -1.57. The van der Waals surface area contributed by atoms with Gasteiger partial charge in [0.25, 0.3) is 5.56 Å². The van der Waals surface area contributed by atoms with Crippen LogP contribution >= 0.6 is 27.5 Å². The summed E-state index contributed by atoms with van der Waals surface area (Å²) in [6, 6.07) is 4.29. The minimum absolute atomic E-state index is 0.178. The van der Waals surface area contributed by atoms with Crippen molar-refractivity contribution in [1.29, 1.82) is 0 Å². The largest absolute Gasteiger partial charge is 0.478 e. The summed E-state index contributed by atoms with van der Waals surface area (Å²) in [6.45, 7) is 0. The maximum atomic E-state index is 11.9. The zero-order valence-electron chi connectivity index (χ0n) is 10.7. The molecule has 0 aliphatic heterocycles. The van der Waals surface area contributed by atoms with E-state index < -0.39 is 34.4 Å². The van der Waals surface area contributed by atoms with Gasteiger partial charge < -0.3 is 20.9 Å². The molecule has 0 aliphatic rings. The Balaban J connectivity index is 3.02. The number of carbonyl (C=O) groups is 2. The minimum Gasteiger partial charge on any atom is -0.478 e. The van der Waals surface area contributed by atoms with E-state index in [0.717, 1.165) is 0 Å². The number of nitrogen functional groups attached to an aromatic ring is 1. The zero-order chi connectivity index (χ0) is 16.6. The number of nitrogens with two attached hydrogens (primary N) is 1. The predicted molar refractivity (Wildman–Crippen MR) is 83.5 cm³/mol. The normalized spacial score (nSPS) is 10.5. The Morgan fingerprint density at radius 1 is 1.18 bits per heavy atom. The van der Waals surface area contributed by atoms with E-state index in [9.17, 15) is 24.6 Å². The molecule has 5 N–H and O–H groups in total. The summed E-state index contributed by atoms with van der Waals surface area (Å²) in [6.07, 6.45) is 0. The third kappa shape index (κ3) is 2.70. The van der Waals surface area contributed by atoms with Gasteiger partial charge in [0.1, 0.15) is 16.9 Å². The van der Waals surface area contributed by atoms with Crippen LogP contribution in [0.25, 0.3) is 11.1 Å². The highest BCUT2D eigenvalue weighted by Gasteiger charge is 2.27. The van der Waals surface area contributed by atoms with Crippen LogP contribution in [0.15, 0.2) is 27.5 Å². The number of anilines is 1. The summed E-state index contributed by atoms with van der Waals surface area (Å²) in [5.74, 6) is -3.46. The highest BCUT2D eigenvalue weighted by molar-refractivity contribution is 9.10. The fourth-order valence-corrected chi connectivity index (χ4v) is 2.89. The number of H-pyrrole nitrogens is 1. The van der Waals surface area contributed by atoms with Crippen molar-refractivity contribution < 1.29 is 19.8 Å². The standard InChI is InChI=1S/C13H8BrClN2O5/c14-6-3-4(15)1-2-5(6)7-8(12(19)20)10(16)17-11(18)9(7)13(21)22/h1-3H,(H,19,20)(H,21,22)(H3,16,17,18). The average Bonchev–Trinajstić information content (AvgIpc) is 2.36. The number of aromatic amines is 1. The summed E-state index contributed by atoms with van der Waals surface area (Å²) < 4.78 is 0.329. The van der Waals surface area contributed by atoms with Gasteiger partial charge in [0, 0.05) is 15.1 Å². The number of halogens is 2. The predicted octanol–water partition coefficient (Wildman–Crippen LogP) is 2.44. The molecule has 1 heterocycles. The molecule has 1 aromatic carbocycles. The number of carboxylic acid groups (broad SMARTS) is 2. The molecule has 0 unspecified atom stereocenters. The Bertz CT molecular complexity index is 862. The topological polar surface area (TPSA) is 133 Å². The molecule has 0 spiro atoms. The molecule has 0 atom stereocenters. The van der Waals surface area contributed by atoms with Gasteiger partial charge in [0.15, 0.2) is 0 Å². The molecule has 0 amide bonds. The van der Waals surface area contributed by atoms with Crippen molar-refractivity contribution in [2.24, 2.45) is 0 Å². The lowest BCUT2D eigenvalue weighted by atomic mass is 9.95. The van der Waals surface area contributed by atoms with E-state index in [2.05, 4.69) is 15.9 Å². The second-order valence-corrected chi connectivity index (χ2v) is 5.52. The molecular formula is C13H8BrClN2O5. The van der Waals surface area contributed by atoms with Crippen molar-refractivity contribution >= 4 is 45.3 Å². The molecule has 0 saturated carbocycles. The maximum Gasteiger partial charge on any atom is 0.342 e. The van der Waals surface area contributed by atoms with Gasteiger partial charge >= 0.3 is 11.9 Å². The molecule has 0 bridgehead atoms. The maximum absolute atomic E-state index is 11.9. The highest BCUT2D eigenvalue weighted by Crippen LogP contribution is 2.35. The first kappa shape index (κ1) is 16.1. The number of aromatic nitrogens is 1. The molecule has 0 aliphatic carbocycles. The van der Waals surface area contributed by atoms with Crippen molar-refractivity contribution in [3.63, 3.8) is 0 Å². The Morgan fingerprint density at radius 3 is 2.27 bits per heavy atom. The number of pyridine rings is 1. The second kappa shape index (κ2) is 5.82. The molecule has 0 radical (unpaired) electrons. The van der Waals surface area contributed by atoms with Crippen LogP contribution < -0.4 is 11.3 Å². The molecule has 9 heteroatoms. The average molecular weight is 388 g/mol. The van der Waals surface area contributed by atoms with Crippen LogP contribution in [0.3, 0.4) is 0 Å². The molecule has 1 aromatic heterocycles. The smallest absolute Gasteiger partial charge is 0.342 e. The highest BCUT2D eigenvalue weighted by atomic mass is 79.9. The number of rotatable bonds is 3. The van der Waals surface area contributed by atoms with Crippen molar-refractivity contribution in [2.75, 3.05) is 5.73 Å². The first-order chi connectivity index (χ1) is 10.2. The monoisotopic (exact) mass is 386 g/mol. The van der Waals surface area contributed by atoms with Crippen LogP contribution in [0.4, 0.5) is 5.82 Å². The van der Waals surface area contributed by atoms with Gasteiger partial charge in [0.05, 0.1) is 0 Å². The third-order valence-corrected chi connectivity index (χ3v) is 3.76. The Kier molecular flexibility index (Phi) is 4.25. The molecule has 2 aromatic rings. The quantitative estimate of drug-likeness (QED) is 0.639. The van der Waals surface area contributed by atoms with Crippen LogP contribution in [-0.4, -0.2) is 27.1 Å². The Labute approximate surface area is 136 Å².